The molecular formula is C50H53Cl2FN6O7S. The molecule has 67 heavy (non-hydrogen) atoms. The minimum absolute atomic E-state index is 0.0388. The molecule has 6 heterocycles. The van der Waals surface area contributed by atoms with E-state index in [1.807, 2.05) is 19.9 Å². The van der Waals surface area contributed by atoms with Crippen LogP contribution in [0.4, 0.5) is 4.39 Å². The monoisotopic (exact) mass is 970 g/mol. The predicted molar refractivity (Wildman–Crippen MR) is 257 cm³/mol. The zero-order valence-electron chi connectivity index (χ0n) is 38.1. The molecule has 4 bridgehead atoms. The molecule has 6 aromatic rings. The Labute approximate surface area is 403 Å². The molecular weight excluding hydrogens is 919 g/mol. The SMILES string of the molecule is CO[C@]1(C)CC[C@H](c2nccc(COc3ccc4cc3C[C@H](C(=O)O)Oc3ncnc5sc(-c6ccc(F)cc6)c(c35)-c3c(C)c(Cl)c(c(Cl)c3C)O[C@H](CN3CCN(C)CC3)CO4)n2)CC1. The van der Waals surface area contributed by atoms with E-state index in [1.54, 1.807) is 43.6 Å². The van der Waals surface area contributed by atoms with Gasteiger partial charge < -0.3 is 33.7 Å². The number of benzene rings is 3. The lowest BCUT2D eigenvalue weighted by Gasteiger charge is -2.35. The van der Waals surface area contributed by atoms with Gasteiger partial charge in [0.05, 0.1) is 26.7 Å². The van der Waals surface area contributed by atoms with Gasteiger partial charge in [0, 0.05) is 74.4 Å². The van der Waals surface area contributed by atoms with Crippen molar-refractivity contribution in [2.75, 3.05) is 53.5 Å². The van der Waals surface area contributed by atoms with E-state index in [-0.39, 0.29) is 37.0 Å². The maximum absolute atomic E-state index is 14.4. The summed E-state index contributed by atoms with van der Waals surface area (Å²) in [6.07, 6.45) is 4.67. The fourth-order valence-electron chi connectivity index (χ4n) is 9.25. The van der Waals surface area contributed by atoms with Gasteiger partial charge in [0.15, 0.2) is 5.75 Å². The number of carboxylic acids is 1. The molecule has 4 aliphatic rings. The van der Waals surface area contributed by atoms with Gasteiger partial charge in [0.25, 0.3) is 0 Å². The number of fused-ring (bicyclic) bond motifs is 7. The lowest BCUT2D eigenvalue weighted by Crippen LogP contribution is -2.49. The Bertz CT molecular complexity index is 2750. The second-order valence-electron chi connectivity index (χ2n) is 18.0. The summed E-state index contributed by atoms with van der Waals surface area (Å²) in [6, 6.07) is 13.3. The summed E-state index contributed by atoms with van der Waals surface area (Å²) in [5.41, 5.74) is 4.38. The molecule has 13 nitrogen and oxygen atoms in total. The Morgan fingerprint density at radius 3 is 2.40 bits per heavy atom. The fourth-order valence-corrected chi connectivity index (χ4v) is 10.9. The van der Waals surface area contributed by atoms with Crippen LogP contribution in [0.25, 0.3) is 31.8 Å². The van der Waals surface area contributed by atoms with Gasteiger partial charge in [-0.15, -0.1) is 11.3 Å². The predicted octanol–water partition coefficient (Wildman–Crippen LogP) is 9.98. The summed E-state index contributed by atoms with van der Waals surface area (Å²) in [7, 11) is 3.87. The average molecular weight is 972 g/mol. The Hall–Kier alpha value is -5.16. The first-order valence-electron chi connectivity index (χ1n) is 22.5. The maximum atomic E-state index is 14.4. The highest BCUT2D eigenvalue weighted by atomic mass is 35.5. The van der Waals surface area contributed by atoms with Crippen LogP contribution in [0.15, 0.2) is 61.1 Å². The number of carbonyl (C=O) groups is 1. The summed E-state index contributed by atoms with van der Waals surface area (Å²) in [5, 5.41) is 12.0. The highest BCUT2D eigenvalue weighted by Gasteiger charge is 2.34. The number of thiophene rings is 1. The molecule has 1 saturated heterocycles. The van der Waals surface area contributed by atoms with E-state index in [0.29, 0.717) is 88.0 Å². The Kier molecular flexibility index (Phi) is 13.9. The van der Waals surface area contributed by atoms with Crippen molar-refractivity contribution in [3.63, 3.8) is 0 Å². The zero-order valence-corrected chi connectivity index (χ0v) is 40.4. The topological polar surface area (TPSA) is 141 Å². The number of halogens is 3. The zero-order chi connectivity index (χ0) is 47.0. The largest absolute Gasteiger partial charge is 0.490 e. The van der Waals surface area contributed by atoms with Gasteiger partial charge >= 0.3 is 5.97 Å². The van der Waals surface area contributed by atoms with Crippen LogP contribution in [0.1, 0.15) is 66.7 Å². The molecule has 3 aromatic heterocycles. The standard InChI is InChI=1S/C50H53Cl2FN6O7S/c1-28-39-29(2)43(52)44(42(28)51)65-36(24-59-20-18-58(4)19-21-59)26-63-35-10-11-37(64-25-34-14-17-54-46(57-34)31-12-15-50(3,62-5)16-13-31)32(22-35)23-38(49(60)61)66-47-41-40(39)45(67-48(41)56-27-55-47)30-6-8-33(53)9-7-30/h6-11,14,17,22,27,31,36,38H,12-13,15-16,18-21,23-26H2,1-5H3,(H,60,61)/t31-,36-,38-,50+/m1/s1. The van der Waals surface area contributed by atoms with Crippen molar-refractivity contribution in [2.45, 2.75) is 83.2 Å². The van der Waals surface area contributed by atoms with Crippen molar-refractivity contribution in [1.82, 2.24) is 29.7 Å². The minimum Gasteiger partial charge on any atom is -0.490 e. The Balaban J connectivity index is 1.13. The molecule has 10 rings (SSSR count). The second-order valence-corrected chi connectivity index (χ2v) is 19.7. The fraction of sp³-hybridized carbons (Fsp3) is 0.420. The van der Waals surface area contributed by atoms with Crippen molar-refractivity contribution < 1.29 is 38.0 Å². The highest BCUT2D eigenvalue weighted by Crippen LogP contribution is 2.53. The van der Waals surface area contributed by atoms with Crippen molar-refractivity contribution in [3.05, 3.63) is 105 Å². The second kappa shape index (κ2) is 19.8. The van der Waals surface area contributed by atoms with E-state index < -0.39 is 24.0 Å². The molecule has 0 radical (unpaired) electrons. The molecule has 17 heteroatoms. The van der Waals surface area contributed by atoms with Crippen LogP contribution in [0.5, 0.6) is 23.1 Å². The summed E-state index contributed by atoms with van der Waals surface area (Å²) in [4.78, 5) is 37.9. The van der Waals surface area contributed by atoms with E-state index in [0.717, 1.165) is 57.7 Å². The van der Waals surface area contributed by atoms with Gasteiger partial charge in [-0.3, -0.25) is 4.90 Å². The van der Waals surface area contributed by atoms with Crippen LogP contribution < -0.4 is 18.9 Å². The van der Waals surface area contributed by atoms with Crippen LogP contribution in [0.2, 0.25) is 10.0 Å². The minimum atomic E-state index is -1.45. The first-order chi connectivity index (χ1) is 32.3. The Morgan fingerprint density at radius 1 is 0.970 bits per heavy atom. The number of ether oxygens (including phenoxy) is 5. The van der Waals surface area contributed by atoms with Crippen LogP contribution >= 0.6 is 34.5 Å². The number of hydrogen-bond acceptors (Lipinski definition) is 13. The molecule has 2 atom stereocenters. The van der Waals surface area contributed by atoms with Gasteiger partial charge in [-0.2, -0.15) is 0 Å². The van der Waals surface area contributed by atoms with Crippen molar-refractivity contribution in [1.29, 1.82) is 0 Å². The van der Waals surface area contributed by atoms with Gasteiger partial charge in [-0.25, -0.2) is 29.1 Å². The molecule has 352 valence electrons. The van der Waals surface area contributed by atoms with E-state index in [9.17, 15) is 14.3 Å². The van der Waals surface area contributed by atoms with Crippen molar-refractivity contribution in [2.24, 2.45) is 0 Å². The van der Waals surface area contributed by atoms with Gasteiger partial charge in [-0.1, -0.05) is 35.3 Å². The smallest absolute Gasteiger partial charge is 0.345 e. The summed E-state index contributed by atoms with van der Waals surface area (Å²) < 4.78 is 46.5. The molecule has 1 aliphatic carbocycles. The third-order valence-corrected chi connectivity index (χ3v) is 15.4. The summed E-state index contributed by atoms with van der Waals surface area (Å²) in [6.45, 7) is 10.2. The molecule has 2 fully saturated rings. The van der Waals surface area contributed by atoms with Crippen molar-refractivity contribution >= 4 is 50.7 Å². The first-order valence-corrected chi connectivity index (χ1v) is 24.1. The number of hydrogen-bond donors (Lipinski definition) is 1. The summed E-state index contributed by atoms with van der Waals surface area (Å²) in [5.74, 6) is 0.635. The van der Waals surface area contributed by atoms with Crippen molar-refractivity contribution in [3.8, 4) is 44.7 Å². The Morgan fingerprint density at radius 2 is 1.70 bits per heavy atom. The first kappa shape index (κ1) is 46.9. The number of methoxy groups -OCH3 is 1. The lowest BCUT2D eigenvalue weighted by molar-refractivity contribution is -0.145. The molecule has 0 spiro atoms. The average Bonchev–Trinajstić information content (AvgIpc) is 3.71. The van der Waals surface area contributed by atoms with E-state index >= 15 is 0 Å². The molecule has 3 aliphatic heterocycles. The normalized spacial score (nSPS) is 21.6. The third kappa shape index (κ3) is 10.0. The van der Waals surface area contributed by atoms with E-state index in [4.69, 9.17) is 51.9 Å². The number of aliphatic carboxylic acids is 1. The number of piperazine rings is 1. The third-order valence-electron chi connectivity index (χ3n) is 13.4. The van der Waals surface area contributed by atoms with Crippen LogP contribution in [0, 0.1) is 19.7 Å². The van der Waals surface area contributed by atoms with Crippen LogP contribution in [-0.4, -0.2) is 112 Å². The molecule has 1 N–H and O–H groups in total. The van der Waals surface area contributed by atoms with E-state index in [2.05, 4.69) is 38.7 Å². The molecule has 3 aromatic carbocycles. The summed E-state index contributed by atoms with van der Waals surface area (Å²) >= 11 is 16.0. The number of rotatable bonds is 9. The lowest BCUT2D eigenvalue weighted by atomic mass is 9.79. The van der Waals surface area contributed by atoms with Gasteiger partial charge in [0.2, 0.25) is 12.0 Å². The van der Waals surface area contributed by atoms with Gasteiger partial charge in [0.1, 0.15) is 53.6 Å². The quantitative estimate of drug-likeness (QED) is 0.147. The highest BCUT2D eigenvalue weighted by molar-refractivity contribution is 7.22. The van der Waals surface area contributed by atoms with Crippen LogP contribution in [0.3, 0.4) is 0 Å². The van der Waals surface area contributed by atoms with E-state index in [1.165, 1.54) is 29.8 Å². The van der Waals surface area contributed by atoms with Gasteiger partial charge in [-0.05, 0) is 112 Å². The number of carboxylic acid groups (broad SMARTS) is 1. The number of likely N-dealkylation sites (N-methyl/N-ethyl adjacent to an activating group) is 1. The maximum Gasteiger partial charge on any atom is 0.345 e. The van der Waals surface area contributed by atoms with Crippen LogP contribution in [-0.2, 0) is 22.6 Å². The molecule has 0 amide bonds. The number of aromatic nitrogens is 4. The number of nitrogens with zero attached hydrogens (tertiary/aromatic N) is 6. The molecule has 0 unspecified atom stereocenters. The molecule has 1 saturated carbocycles.